The average molecular weight is 427 g/mol. The SMILES string of the molecule is COC(=O)CC1c2ccc(NC(=O)OCCCCl)cc2CN1C(=O)OC(C)(C)C. The molecule has 0 saturated carbocycles. The van der Waals surface area contributed by atoms with Crippen molar-refractivity contribution in [2.24, 2.45) is 0 Å². The van der Waals surface area contributed by atoms with Crippen molar-refractivity contribution in [3.8, 4) is 0 Å². The number of nitrogens with one attached hydrogen (secondary N) is 1. The quantitative estimate of drug-likeness (QED) is 0.317. The summed E-state index contributed by atoms with van der Waals surface area (Å²) in [6.45, 7) is 5.82. The lowest BCUT2D eigenvalue weighted by Crippen LogP contribution is -2.36. The number of methoxy groups -OCH3 is 1. The molecule has 0 fully saturated rings. The first-order valence-corrected chi connectivity index (χ1v) is 9.87. The molecule has 9 heteroatoms. The summed E-state index contributed by atoms with van der Waals surface area (Å²) in [7, 11) is 1.30. The predicted molar refractivity (Wildman–Crippen MR) is 108 cm³/mol. The van der Waals surface area contributed by atoms with Gasteiger partial charge in [0.25, 0.3) is 0 Å². The molecule has 1 N–H and O–H groups in total. The summed E-state index contributed by atoms with van der Waals surface area (Å²) >= 11 is 5.56. The predicted octanol–water partition coefficient (Wildman–Crippen LogP) is 4.22. The van der Waals surface area contributed by atoms with Crippen molar-refractivity contribution in [1.29, 1.82) is 0 Å². The highest BCUT2D eigenvalue weighted by molar-refractivity contribution is 6.17. The lowest BCUT2D eigenvalue weighted by molar-refractivity contribution is -0.141. The van der Waals surface area contributed by atoms with Gasteiger partial charge in [0.05, 0.1) is 32.7 Å². The molecule has 0 aromatic heterocycles. The van der Waals surface area contributed by atoms with Gasteiger partial charge in [0, 0.05) is 11.6 Å². The van der Waals surface area contributed by atoms with E-state index in [1.807, 2.05) is 0 Å². The Morgan fingerprint density at radius 1 is 1.28 bits per heavy atom. The zero-order valence-corrected chi connectivity index (χ0v) is 17.9. The highest BCUT2D eigenvalue weighted by atomic mass is 35.5. The third-order valence-corrected chi connectivity index (χ3v) is 4.46. The molecule has 1 aliphatic rings. The van der Waals surface area contributed by atoms with Crippen molar-refractivity contribution < 1.29 is 28.6 Å². The monoisotopic (exact) mass is 426 g/mol. The molecule has 1 atom stereocenters. The summed E-state index contributed by atoms with van der Waals surface area (Å²) < 4.78 is 15.3. The number of amides is 2. The number of anilines is 1. The second-order valence-electron chi connectivity index (χ2n) is 7.62. The average Bonchev–Trinajstić information content (AvgIpc) is 2.98. The van der Waals surface area contributed by atoms with Crippen molar-refractivity contribution in [2.45, 2.75) is 51.8 Å². The molecule has 1 aromatic carbocycles. The first kappa shape index (κ1) is 22.8. The van der Waals surface area contributed by atoms with Gasteiger partial charge in [-0.3, -0.25) is 15.0 Å². The number of hydrogen-bond donors (Lipinski definition) is 1. The molecule has 2 amide bonds. The normalized spacial score (nSPS) is 15.5. The Morgan fingerprint density at radius 3 is 2.62 bits per heavy atom. The Labute approximate surface area is 175 Å². The topological polar surface area (TPSA) is 94.2 Å². The molecule has 1 aromatic rings. The van der Waals surface area contributed by atoms with E-state index in [0.29, 0.717) is 18.0 Å². The minimum Gasteiger partial charge on any atom is -0.469 e. The molecule has 1 heterocycles. The third kappa shape index (κ3) is 6.52. The molecule has 160 valence electrons. The van der Waals surface area contributed by atoms with Crippen LogP contribution in [0.25, 0.3) is 0 Å². The Bertz CT molecular complexity index is 762. The molecule has 0 spiro atoms. The van der Waals surface area contributed by atoms with Crippen LogP contribution in [0.1, 0.15) is 50.8 Å². The molecule has 0 saturated heterocycles. The van der Waals surface area contributed by atoms with Gasteiger partial charge in [-0.1, -0.05) is 6.07 Å². The molecular weight excluding hydrogens is 400 g/mol. The van der Waals surface area contributed by atoms with Crippen molar-refractivity contribution in [2.75, 3.05) is 24.9 Å². The number of esters is 1. The molecule has 2 rings (SSSR count). The van der Waals surface area contributed by atoms with Crippen LogP contribution in [-0.2, 0) is 25.5 Å². The summed E-state index contributed by atoms with van der Waals surface area (Å²) in [6.07, 6.45) is -0.518. The van der Waals surface area contributed by atoms with E-state index >= 15 is 0 Å². The van der Waals surface area contributed by atoms with Crippen LogP contribution in [0.3, 0.4) is 0 Å². The van der Waals surface area contributed by atoms with E-state index in [0.717, 1.165) is 11.1 Å². The molecule has 0 bridgehead atoms. The minimum absolute atomic E-state index is 0.00991. The molecule has 0 aliphatic carbocycles. The lowest BCUT2D eigenvalue weighted by Gasteiger charge is -2.28. The van der Waals surface area contributed by atoms with Gasteiger partial charge in [0.1, 0.15) is 5.60 Å². The Kier molecular flexibility index (Phi) is 7.73. The van der Waals surface area contributed by atoms with Crippen LogP contribution in [0.2, 0.25) is 0 Å². The van der Waals surface area contributed by atoms with E-state index in [9.17, 15) is 14.4 Å². The van der Waals surface area contributed by atoms with E-state index < -0.39 is 29.8 Å². The van der Waals surface area contributed by atoms with Crippen LogP contribution in [0.5, 0.6) is 0 Å². The van der Waals surface area contributed by atoms with Gasteiger partial charge in [-0.05, 0) is 50.5 Å². The fourth-order valence-corrected chi connectivity index (χ4v) is 3.06. The summed E-state index contributed by atoms with van der Waals surface area (Å²) in [5.74, 6) is -0.0183. The largest absolute Gasteiger partial charge is 0.469 e. The summed E-state index contributed by atoms with van der Waals surface area (Å²) in [4.78, 5) is 37.9. The van der Waals surface area contributed by atoms with Gasteiger partial charge in [-0.2, -0.15) is 0 Å². The number of carbonyl (C=O) groups is 3. The molecule has 1 aliphatic heterocycles. The van der Waals surface area contributed by atoms with E-state index in [4.69, 9.17) is 25.8 Å². The van der Waals surface area contributed by atoms with Crippen molar-refractivity contribution in [3.05, 3.63) is 29.3 Å². The minimum atomic E-state index is -0.665. The second-order valence-corrected chi connectivity index (χ2v) is 8.00. The fourth-order valence-electron chi connectivity index (χ4n) is 2.95. The first-order valence-electron chi connectivity index (χ1n) is 9.33. The highest BCUT2D eigenvalue weighted by Gasteiger charge is 2.37. The fraction of sp³-hybridized carbons (Fsp3) is 0.550. The smallest absolute Gasteiger partial charge is 0.411 e. The molecule has 0 radical (unpaired) electrons. The number of hydrogen-bond acceptors (Lipinski definition) is 6. The number of fused-ring (bicyclic) bond motifs is 1. The summed E-state index contributed by atoms with van der Waals surface area (Å²) in [5, 5.41) is 2.65. The van der Waals surface area contributed by atoms with Crippen LogP contribution in [-0.4, -0.2) is 48.3 Å². The van der Waals surface area contributed by atoms with Gasteiger partial charge in [0.2, 0.25) is 0 Å². The van der Waals surface area contributed by atoms with E-state index in [1.54, 1.807) is 39.0 Å². The maximum absolute atomic E-state index is 12.7. The van der Waals surface area contributed by atoms with Crippen LogP contribution in [0.4, 0.5) is 15.3 Å². The zero-order chi connectivity index (χ0) is 21.6. The molecule has 29 heavy (non-hydrogen) atoms. The maximum Gasteiger partial charge on any atom is 0.411 e. The summed E-state index contributed by atoms with van der Waals surface area (Å²) in [6, 6.07) is 4.73. The number of halogens is 1. The van der Waals surface area contributed by atoms with Gasteiger partial charge < -0.3 is 14.2 Å². The number of benzene rings is 1. The van der Waals surface area contributed by atoms with Crippen LogP contribution >= 0.6 is 11.6 Å². The number of nitrogens with zero attached hydrogens (tertiary/aromatic N) is 1. The maximum atomic E-state index is 12.7. The standard InChI is InChI=1S/C20H27ClN2O6/c1-20(2,3)29-19(26)23-12-13-10-14(22-18(25)28-9-5-8-21)6-7-15(13)16(23)11-17(24)27-4/h6-7,10,16H,5,8-9,11-12H2,1-4H3,(H,22,25). The van der Waals surface area contributed by atoms with E-state index in [1.165, 1.54) is 12.0 Å². The van der Waals surface area contributed by atoms with Crippen LogP contribution in [0.15, 0.2) is 18.2 Å². The second kappa shape index (κ2) is 9.82. The number of rotatable bonds is 6. The molecule has 8 nitrogen and oxygen atoms in total. The molecular formula is C20H27ClN2O6. The Balaban J connectivity index is 2.18. The molecule has 1 unspecified atom stereocenters. The van der Waals surface area contributed by atoms with Crippen molar-refractivity contribution in [1.82, 2.24) is 4.90 Å². The van der Waals surface area contributed by atoms with Gasteiger partial charge >= 0.3 is 18.2 Å². The zero-order valence-electron chi connectivity index (χ0n) is 17.1. The highest BCUT2D eigenvalue weighted by Crippen LogP contribution is 2.38. The van der Waals surface area contributed by atoms with Crippen molar-refractivity contribution in [3.63, 3.8) is 0 Å². The number of alkyl halides is 1. The first-order chi connectivity index (χ1) is 13.6. The number of carbonyl (C=O) groups excluding carboxylic acids is 3. The van der Waals surface area contributed by atoms with Crippen LogP contribution in [0, 0.1) is 0 Å². The van der Waals surface area contributed by atoms with Crippen LogP contribution < -0.4 is 5.32 Å². The van der Waals surface area contributed by atoms with E-state index in [-0.39, 0.29) is 19.6 Å². The van der Waals surface area contributed by atoms with Gasteiger partial charge in [-0.15, -0.1) is 11.6 Å². The van der Waals surface area contributed by atoms with Crippen molar-refractivity contribution >= 4 is 35.4 Å². The Hall–Kier alpha value is -2.48. The summed E-state index contributed by atoms with van der Waals surface area (Å²) in [5.41, 5.74) is 1.48. The Morgan fingerprint density at radius 2 is 2.00 bits per heavy atom. The number of ether oxygens (including phenoxy) is 3. The van der Waals surface area contributed by atoms with E-state index in [2.05, 4.69) is 5.32 Å². The van der Waals surface area contributed by atoms with Gasteiger partial charge in [0.15, 0.2) is 0 Å². The lowest BCUT2D eigenvalue weighted by atomic mass is 10.0. The van der Waals surface area contributed by atoms with Gasteiger partial charge in [-0.25, -0.2) is 9.59 Å². The third-order valence-electron chi connectivity index (χ3n) is 4.19.